The molecule has 4 nitrogen and oxygen atoms in total. The number of carbonyl (C=O) groups is 1. The monoisotopic (exact) mass is 251 g/mol. The van der Waals surface area contributed by atoms with Crippen molar-refractivity contribution in [3.05, 3.63) is 23.8 Å². The van der Waals surface area contributed by atoms with Crippen LogP contribution in [0.4, 0.5) is 5.69 Å². The van der Waals surface area contributed by atoms with Crippen LogP contribution in [0.1, 0.15) is 25.3 Å². The number of rotatable bonds is 7. The SMILES string of the molecule is CCCC(=O)Nc1ccc(C)cc1OCCOC. The van der Waals surface area contributed by atoms with Gasteiger partial charge in [0.1, 0.15) is 12.4 Å². The average Bonchev–Trinajstić information content (AvgIpc) is 2.33. The minimum atomic E-state index is 0.0120. The maximum atomic E-state index is 11.6. The van der Waals surface area contributed by atoms with Gasteiger partial charge in [-0.25, -0.2) is 0 Å². The highest BCUT2D eigenvalue weighted by Gasteiger charge is 2.07. The van der Waals surface area contributed by atoms with E-state index in [2.05, 4.69) is 5.32 Å². The van der Waals surface area contributed by atoms with Crippen LogP contribution in [0.5, 0.6) is 5.75 Å². The number of aryl methyl sites for hydroxylation is 1. The summed E-state index contributed by atoms with van der Waals surface area (Å²) in [5.41, 5.74) is 1.81. The van der Waals surface area contributed by atoms with Crippen LogP contribution in [0.15, 0.2) is 18.2 Å². The van der Waals surface area contributed by atoms with Crippen LogP contribution in [0, 0.1) is 6.92 Å². The maximum absolute atomic E-state index is 11.6. The van der Waals surface area contributed by atoms with Gasteiger partial charge in [0, 0.05) is 13.5 Å². The minimum absolute atomic E-state index is 0.0120. The molecule has 100 valence electrons. The molecule has 0 saturated carbocycles. The quantitative estimate of drug-likeness (QED) is 0.758. The summed E-state index contributed by atoms with van der Waals surface area (Å²) in [4.78, 5) is 11.6. The molecule has 1 aromatic rings. The van der Waals surface area contributed by atoms with E-state index in [0.29, 0.717) is 25.4 Å². The third-order valence-electron chi connectivity index (χ3n) is 2.43. The van der Waals surface area contributed by atoms with Crippen molar-refractivity contribution >= 4 is 11.6 Å². The molecule has 0 radical (unpaired) electrons. The zero-order chi connectivity index (χ0) is 13.4. The normalized spacial score (nSPS) is 10.2. The Hall–Kier alpha value is -1.55. The van der Waals surface area contributed by atoms with Crippen LogP contribution < -0.4 is 10.1 Å². The topological polar surface area (TPSA) is 47.6 Å². The highest BCUT2D eigenvalue weighted by molar-refractivity contribution is 5.92. The second kappa shape index (κ2) is 7.71. The van der Waals surface area contributed by atoms with E-state index in [1.807, 2.05) is 32.0 Å². The maximum Gasteiger partial charge on any atom is 0.224 e. The van der Waals surface area contributed by atoms with Crippen molar-refractivity contribution < 1.29 is 14.3 Å². The van der Waals surface area contributed by atoms with Crippen molar-refractivity contribution in [1.29, 1.82) is 0 Å². The largest absolute Gasteiger partial charge is 0.489 e. The molecule has 18 heavy (non-hydrogen) atoms. The van der Waals surface area contributed by atoms with Crippen molar-refractivity contribution in [2.75, 3.05) is 25.6 Å². The van der Waals surface area contributed by atoms with Crippen molar-refractivity contribution in [2.45, 2.75) is 26.7 Å². The van der Waals surface area contributed by atoms with E-state index < -0.39 is 0 Å². The van der Waals surface area contributed by atoms with Crippen molar-refractivity contribution in [2.24, 2.45) is 0 Å². The lowest BCUT2D eigenvalue weighted by atomic mass is 10.2. The second-order valence-electron chi connectivity index (χ2n) is 4.14. The molecule has 0 fully saturated rings. The summed E-state index contributed by atoms with van der Waals surface area (Å²) in [6, 6.07) is 5.73. The fourth-order valence-corrected chi connectivity index (χ4v) is 1.53. The molecule has 0 aromatic heterocycles. The Balaban J connectivity index is 2.72. The molecule has 1 N–H and O–H groups in total. The predicted octanol–water partition coefficient (Wildman–Crippen LogP) is 2.76. The van der Waals surface area contributed by atoms with E-state index in [1.54, 1.807) is 7.11 Å². The number of hydrogen-bond donors (Lipinski definition) is 1. The van der Waals surface area contributed by atoms with Gasteiger partial charge in [0.25, 0.3) is 0 Å². The van der Waals surface area contributed by atoms with Crippen LogP contribution in [-0.2, 0) is 9.53 Å². The second-order valence-corrected chi connectivity index (χ2v) is 4.14. The van der Waals surface area contributed by atoms with Crippen LogP contribution in [0.2, 0.25) is 0 Å². The molecule has 4 heteroatoms. The molecular weight excluding hydrogens is 230 g/mol. The van der Waals surface area contributed by atoms with Gasteiger partial charge in [0.2, 0.25) is 5.91 Å². The lowest BCUT2D eigenvalue weighted by molar-refractivity contribution is -0.116. The third-order valence-corrected chi connectivity index (χ3v) is 2.43. The third kappa shape index (κ3) is 4.75. The van der Waals surface area contributed by atoms with Gasteiger partial charge in [-0.15, -0.1) is 0 Å². The van der Waals surface area contributed by atoms with Gasteiger partial charge < -0.3 is 14.8 Å². The Labute approximate surface area is 108 Å². The number of nitrogens with one attached hydrogen (secondary N) is 1. The molecule has 1 rings (SSSR count). The van der Waals surface area contributed by atoms with Gasteiger partial charge in [-0.1, -0.05) is 13.0 Å². The predicted molar refractivity (Wildman–Crippen MR) is 72.1 cm³/mol. The number of amides is 1. The molecule has 1 aromatic carbocycles. The summed E-state index contributed by atoms with van der Waals surface area (Å²) in [7, 11) is 1.63. The molecule has 0 saturated heterocycles. The van der Waals surface area contributed by atoms with E-state index in [4.69, 9.17) is 9.47 Å². The zero-order valence-corrected chi connectivity index (χ0v) is 11.3. The molecular formula is C14H21NO3. The van der Waals surface area contributed by atoms with Crippen LogP contribution in [0.3, 0.4) is 0 Å². The summed E-state index contributed by atoms with van der Waals surface area (Å²) in [6.07, 6.45) is 1.35. The Morgan fingerprint density at radius 3 is 2.78 bits per heavy atom. The number of ether oxygens (including phenoxy) is 2. The van der Waals surface area contributed by atoms with Crippen LogP contribution in [-0.4, -0.2) is 26.2 Å². The van der Waals surface area contributed by atoms with Gasteiger partial charge in [-0.05, 0) is 31.0 Å². The van der Waals surface area contributed by atoms with Gasteiger partial charge in [0.05, 0.1) is 12.3 Å². The Morgan fingerprint density at radius 1 is 1.33 bits per heavy atom. The van der Waals surface area contributed by atoms with E-state index in [-0.39, 0.29) is 5.91 Å². The highest BCUT2D eigenvalue weighted by atomic mass is 16.5. The van der Waals surface area contributed by atoms with Crippen molar-refractivity contribution in [3.8, 4) is 5.75 Å². The summed E-state index contributed by atoms with van der Waals surface area (Å²) in [6.45, 7) is 4.96. The first-order valence-electron chi connectivity index (χ1n) is 6.19. The van der Waals surface area contributed by atoms with E-state index >= 15 is 0 Å². The number of hydrogen-bond acceptors (Lipinski definition) is 3. The number of carbonyl (C=O) groups excluding carboxylic acids is 1. The molecule has 0 spiro atoms. The first kappa shape index (κ1) is 14.5. The van der Waals surface area contributed by atoms with Gasteiger partial charge in [-0.3, -0.25) is 4.79 Å². The fraction of sp³-hybridized carbons (Fsp3) is 0.500. The first-order valence-corrected chi connectivity index (χ1v) is 6.19. The Bertz CT molecular complexity index is 391. The number of benzene rings is 1. The summed E-state index contributed by atoms with van der Waals surface area (Å²) < 4.78 is 10.5. The summed E-state index contributed by atoms with van der Waals surface area (Å²) >= 11 is 0. The van der Waals surface area contributed by atoms with Gasteiger partial charge >= 0.3 is 0 Å². The smallest absolute Gasteiger partial charge is 0.224 e. The number of anilines is 1. The lowest BCUT2D eigenvalue weighted by Gasteiger charge is -2.13. The Morgan fingerprint density at radius 2 is 2.11 bits per heavy atom. The number of methoxy groups -OCH3 is 1. The molecule has 1 amide bonds. The minimum Gasteiger partial charge on any atom is -0.489 e. The molecule has 0 bridgehead atoms. The van der Waals surface area contributed by atoms with Gasteiger partial charge in [-0.2, -0.15) is 0 Å². The molecule has 0 heterocycles. The van der Waals surface area contributed by atoms with E-state index in [1.165, 1.54) is 0 Å². The molecule has 0 unspecified atom stereocenters. The van der Waals surface area contributed by atoms with Gasteiger partial charge in [0.15, 0.2) is 0 Å². The van der Waals surface area contributed by atoms with Crippen molar-refractivity contribution in [1.82, 2.24) is 0 Å². The standard InChI is InChI=1S/C14H21NO3/c1-4-5-14(16)15-12-7-6-11(2)10-13(12)18-9-8-17-3/h6-7,10H,4-5,8-9H2,1-3H3,(H,15,16). The molecule has 0 aliphatic rings. The fourth-order valence-electron chi connectivity index (χ4n) is 1.53. The molecule has 0 aliphatic heterocycles. The van der Waals surface area contributed by atoms with E-state index in [9.17, 15) is 4.79 Å². The highest BCUT2D eigenvalue weighted by Crippen LogP contribution is 2.25. The molecule has 0 atom stereocenters. The van der Waals surface area contributed by atoms with Crippen LogP contribution in [0.25, 0.3) is 0 Å². The van der Waals surface area contributed by atoms with Crippen molar-refractivity contribution in [3.63, 3.8) is 0 Å². The average molecular weight is 251 g/mol. The zero-order valence-electron chi connectivity index (χ0n) is 11.3. The molecule has 0 aliphatic carbocycles. The van der Waals surface area contributed by atoms with Crippen LogP contribution >= 0.6 is 0 Å². The Kier molecular flexibility index (Phi) is 6.22. The lowest BCUT2D eigenvalue weighted by Crippen LogP contribution is -2.13. The first-order chi connectivity index (χ1) is 8.67. The summed E-state index contributed by atoms with van der Waals surface area (Å²) in [5.74, 6) is 0.703. The van der Waals surface area contributed by atoms with E-state index in [0.717, 1.165) is 17.7 Å². The summed E-state index contributed by atoms with van der Waals surface area (Å²) in [5, 5.41) is 2.86.